The first kappa shape index (κ1) is 20.5. The molecule has 6 heteroatoms. The SMILES string of the molecule is Cc1c(-c2cccc(OCc3ccccc3)c2)c2c(N)ncnc2n1[C@H]1CC[C@H](O)CC1. The van der Waals surface area contributed by atoms with Gasteiger partial charge in [-0.3, -0.25) is 0 Å². The van der Waals surface area contributed by atoms with Gasteiger partial charge in [0, 0.05) is 17.3 Å². The first-order valence-electron chi connectivity index (χ1n) is 11.2. The van der Waals surface area contributed by atoms with E-state index in [1.54, 1.807) is 0 Å². The molecule has 3 N–H and O–H groups in total. The minimum atomic E-state index is -0.203. The highest BCUT2D eigenvalue weighted by Gasteiger charge is 2.27. The molecule has 0 atom stereocenters. The quantitative estimate of drug-likeness (QED) is 0.465. The third-order valence-electron chi connectivity index (χ3n) is 6.46. The molecule has 1 fully saturated rings. The summed E-state index contributed by atoms with van der Waals surface area (Å²) in [6, 6.07) is 18.6. The van der Waals surface area contributed by atoms with Crippen molar-refractivity contribution in [3.63, 3.8) is 0 Å². The fourth-order valence-electron chi connectivity index (χ4n) is 4.87. The van der Waals surface area contributed by atoms with Crippen LogP contribution in [0.3, 0.4) is 0 Å². The van der Waals surface area contributed by atoms with Crippen LogP contribution in [0.2, 0.25) is 0 Å². The van der Waals surface area contributed by atoms with E-state index in [1.807, 2.05) is 30.3 Å². The zero-order valence-corrected chi connectivity index (χ0v) is 18.2. The molecular weight excluding hydrogens is 400 g/mol. The Balaban J connectivity index is 1.55. The molecule has 0 spiro atoms. The number of nitrogen functional groups attached to an aromatic ring is 1. The molecule has 4 aromatic rings. The van der Waals surface area contributed by atoms with Crippen LogP contribution >= 0.6 is 0 Å². The second kappa shape index (κ2) is 8.63. The van der Waals surface area contributed by atoms with Crippen LogP contribution < -0.4 is 10.5 Å². The number of aliphatic hydroxyl groups excluding tert-OH is 1. The maximum atomic E-state index is 9.98. The summed E-state index contributed by atoms with van der Waals surface area (Å²) >= 11 is 0. The van der Waals surface area contributed by atoms with Crippen LogP contribution in [0, 0.1) is 6.92 Å². The van der Waals surface area contributed by atoms with Crippen molar-refractivity contribution in [3.05, 3.63) is 72.2 Å². The van der Waals surface area contributed by atoms with Crippen molar-refractivity contribution in [3.8, 4) is 16.9 Å². The van der Waals surface area contributed by atoms with E-state index in [0.717, 1.165) is 64.9 Å². The highest BCUT2D eigenvalue weighted by atomic mass is 16.5. The molecule has 0 saturated heterocycles. The highest BCUT2D eigenvalue weighted by Crippen LogP contribution is 2.41. The first-order chi connectivity index (χ1) is 15.6. The zero-order chi connectivity index (χ0) is 22.1. The Labute approximate surface area is 187 Å². The Kier molecular flexibility index (Phi) is 5.53. The average Bonchev–Trinajstić information content (AvgIpc) is 3.12. The fraction of sp³-hybridized carbons (Fsp3) is 0.308. The van der Waals surface area contributed by atoms with E-state index in [1.165, 1.54) is 6.33 Å². The number of anilines is 1. The number of aliphatic hydroxyl groups is 1. The molecule has 5 rings (SSSR count). The zero-order valence-electron chi connectivity index (χ0n) is 18.2. The summed E-state index contributed by atoms with van der Waals surface area (Å²) in [5.41, 5.74) is 11.6. The van der Waals surface area contributed by atoms with E-state index in [9.17, 15) is 5.11 Å². The standard InChI is InChI=1S/C26H28N4O2/c1-17-23(19-8-5-9-22(14-19)32-15-18-6-3-2-4-7-18)24-25(27)28-16-29-26(24)30(17)20-10-12-21(31)13-11-20/h2-9,14,16,20-21,31H,10-13,15H2,1H3,(H2,27,28,29)/t20-,21-. The van der Waals surface area contributed by atoms with Crippen LogP contribution in [-0.4, -0.2) is 25.7 Å². The molecule has 2 aromatic heterocycles. The second-order valence-corrected chi connectivity index (χ2v) is 8.55. The summed E-state index contributed by atoms with van der Waals surface area (Å²) in [6.07, 6.45) is 4.80. The van der Waals surface area contributed by atoms with Gasteiger partial charge in [-0.2, -0.15) is 0 Å². The minimum absolute atomic E-state index is 0.203. The maximum absolute atomic E-state index is 9.98. The molecule has 2 heterocycles. The van der Waals surface area contributed by atoms with Gasteiger partial charge in [0.25, 0.3) is 0 Å². The lowest BCUT2D eigenvalue weighted by molar-refractivity contribution is 0.111. The van der Waals surface area contributed by atoms with E-state index in [0.29, 0.717) is 18.5 Å². The van der Waals surface area contributed by atoms with Gasteiger partial charge in [0.2, 0.25) is 0 Å². The van der Waals surface area contributed by atoms with Crippen LogP contribution in [0.25, 0.3) is 22.2 Å². The van der Waals surface area contributed by atoms with Gasteiger partial charge in [-0.05, 0) is 55.9 Å². The van der Waals surface area contributed by atoms with Crippen LogP contribution in [0.15, 0.2) is 60.9 Å². The number of hydrogen-bond acceptors (Lipinski definition) is 5. The van der Waals surface area contributed by atoms with Gasteiger partial charge in [0.15, 0.2) is 0 Å². The topological polar surface area (TPSA) is 86.2 Å². The number of aromatic nitrogens is 3. The Morgan fingerprint density at radius 3 is 2.59 bits per heavy atom. The first-order valence-corrected chi connectivity index (χ1v) is 11.2. The van der Waals surface area contributed by atoms with Crippen molar-refractivity contribution >= 4 is 16.9 Å². The van der Waals surface area contributed by atoms with Gasteiger partial charge in [-0.25, -0.2) is 9.97 Å². The van der Waals surface area contributed by atoms with Crippen molar-refractivity contribution in [1.82, 2.24) is 14.5 Å². The van der Waals surface area contributed by atoms with E-state index in [2.05, 4.69) is 45.7 Å². The number of rotatable bonds is 5. The van der Waals surface area contributed by atoms with Crippen LogP contribution in [-0.2, 0) is 6.61 Å². The number of nitrogens with zero attached hydrogens (tertiary/aromatic N) is 3. The van der Waals surface area contributed by atoms with Gasteiger partial charge >= 0.3 is 0 Å². The normalized spacial score (nSPS) is 18.7. The van der Waals surface area contributed by atoms with Crippen molar-refractivity contribution in [2.75, 3.05) is 5.73 Å². The molecule has 164 valence electrons. The smallest absolute Gasteiger partial charge is 0.146 e. The summed E-state index contributed by atoms with van der Waals surface area (Å²) in [6.45, 7) is 2.64. The van der Waals surface area contributed by atoms with E-state index in [4.69, 9.17) is 10.5 Å². The van der Waals surface area contributed by atoms with Gasteiger partial charge in [0.1, 0.15) is 30.1 Å². The lowest BCUT2D eigenvalue weighted by atomic mass is 9.92. The van der Waals surface area contributed by atoms with Gasteiger partial charge < -0.3 is 20.1 Å². The Morgan fingerprint density at radius 1 is 1.03 bits per heavy atom. The summed E-state index contributed by atoms with van der Waals surface area (Å²) < 4.78 is 8.37. The molecule has 1 aliphatic rings. The van der Waals surface area contributed by atoms with Gasteiger partial charge in [-0.15, -0.1) is 0 Å². The molecular formula is C26H28N4O2. The molecule has 32 heavy (non-hydrogen) atoms. The van der Waals surface area contributed by atoms with Gasteiger partial charge in [0.05, 0.1) is 11.5 Å². The summed E-state index contributed by atoms with van der Waals surface area (Å²) in [5, 5.41) is 10.9. The van der Waals surface area contributed by atoms with Crippen LogP contribution in [0.4, 0.5) is 5.82 Å². The molecule has 0 radical (unpaired) electrons. The molecule has 0 bridgehead atoms. The molecule has 2 aromatic carbocycles. The molecule has 0 unspecified atom stereocenters. The van der Waals surface area contributed by atoms with Crippen LogP contribution in [0.1, 0.15) is 43.0 Å². The second-order valence-electron chi connectivity index (χ2n) is 8.55. The summed E-state index contributed by atoms with van der Waals surface area (Å²) in [5.74, 6) is 1.29. The molecule has 1 aliphatic carbocycles. The van der Waals surface area contributed by atoms with E-state index in [-0.39, 0.29) is 6.10 Å². The largest absolute Gasteiger partial charge is 0.489 e. The number of benzene rings is 2. The van der Waals surface area contributed by atoms with Crippen molar-refractivity contribution in [1.29, 1.82) is 0 Å². The monoisotopic (exact) mass is 428 g/mol. The molecule has 6 nitrogen and oxygen atoms in total. The molecule has 1 saturated carbocycles. The maximum Gasteiger partial charge on any atom is 0.146 e. The lowest BCUT2D eigenvalue weighted by Gasteiger charge is -2.28. The Hall–Kier alpha value is -3.38. The van der Waals surface area contributed by atoms with Crippen molar-refractivity contribution in [2.24, 2.45) is 0 Å². The summed E-state index contributed by atoms with van der Waals surface area (Å²) in [4.78, 5) is 8.91. The fourth-order valence-corrected chi connectivity index (χ4v) is 4.87. The van der Waals surface area contributed by atoms with Gasteiger partial charge in [-0.1, -0.05) is 42.5 Å². The predicted octanol–water partition coefficient (Wildman–Crippen LogP) is 5.04. The van der Waals surface area contributed by atoms with Crippen molar-refractivity contribution in [2.45, 2.75) is 51.4 Å². The Bertz CT molecular complexity index is 1230. The van der Waals surface area contributed by atoms with E-state index >= 15 is 0 Å². The van der Waals surface area contributed by atoms with Crippen molar-refractivity contribution < 1.29 is 9.84 Å². The lowest BCUT2D eigenvalue weighted by Crippen LogP contribution is -2.21. The number of nitrogens with two attached hydrogens (primary N) is 1. The summed E-state index contributed by atoms with van der Waals surface area (Å²) in [7, 11) is 0. The predicted molar refractivity (Wildman–Crippen MR) is 126 cm³/mol. The minimum Gasteiger partial charge on any atom is -0.489 e. The Morgan fingerprint density at radius 2 is 1.81 bits per heavy atom. The van der Waals surface area contributed by atoms with Crippen LogP contribution in [0.5, 0.6) is 5.75 Å². The van der Waals surface area contributed by atoms with E-state index < -0.39 is 0 Å². The average molecular weight is 429 g/mol. The third kappa shape index (κ3) is 3.82. The molecule has 0 amide bonds. The third-order valence-corrected chi connectivity index (χ3v) is 6.46. The number of ether oxygens (including phenoxy) is 1. The number of fused-ring (bicyclic) bond motifs is 1. The number of hydrogen-bond donors (Lipinski definition) is 2. The highest BCUT2D eigenvalue weighted by molar-refractivity contribution is 6.02. The molecule has 0 aliphatic heterocycles.